The Labute approximate surface area is 153 Å². The van der Waals surface area contributed by atoms with Crippen molar-refractivity contribution >= 4 is 11.6 Å². The van der Waals surface area contributed by atoms with Crippen LogP contribution in [0.3, 0.4) is 0 Å². The van der Waals surface area contributed by atoms with Crippen LogP contribution in [-0.2, 0) is 6.18 Å². The summed E-state index contributed by atoms with van der Waals surface area (Å²) in [7, 11) is 1.47. The molecule has 3 rings (SSSR count). The zero-order chi connectivity index (χ0) is 19.6. The average molecular weight is 381 g/mol. The first-order valence-corrected chi connectivity index (χ1v) is 8.27. The number of carbonyl (C=O) groups excluding carboxylic acids is 1. The van der Waals surface area contributed by atoms with Crippen molar-refractivity contribution in [3.63, 3.8) is 0 Å². The largest absolute Gasteiger partial charge is 0.497 e. The van der Waals surface area contributed by atoms with Gasteiger partial charge in [0.15, 0.2) is 0 Å². The van der Waals surface area contributed by atoms with Crippen molar-refractivity contribution in [1.82, 2.24) is 0 Å². The van der Waals surface area contributed by atoms with Crippen molar-refractivity contribution in [2.24, 2.45) is 0 Å². The standard InChI is InChI=1S/C19H18F3NO4/c1-26-15-5-6-17-16(10-15)23(14(7-8-24)11-27-17)18(25)12-3-2-4-13(9-12)19(20,21)22/h2-6,9-10,14,24H,7-8,11H2,1H3. The highest BCUT2D eigenvalue weighted by Crippen LogP contribution is 2.39. The average Bonchev–Trinajstić information content (AvgIpc) is 2.66. The molecule has 0 fully saturated rings. The van der Waals surface area contributed by atoms with Gasteiger partial charge in [-0.05, 0) is 36.8 Å². The lowest BCUT2D eigenvalue weighted by molar-refractivity contribution is -0.137. The molecule has 2 aromatic carbocycles. The molecule has 8 heteroatoms. The summed E-state index contributed by atoms with van der Waals surface area (Å²) in [6.45, 7) is -0.0652. The van der Waals surface area contributed by atoms with Crippen LogP contribution in [0.15, 0.2) is 42.5 Å². The summed E-state index contributed by atoms with van der Waals surface area (Å²) in [6.07, 6.45) is -4.33. The van der Waals surface area contributed by atoms with Gasteiger partial charge in [-0.2, -0.15) is 13.2 Å². The van der Waals surface area contributed by atoms with Gasteiger partial charge in [0, 0.05) is 18.2 Å². The van der Waals surface area contributed by atoms with Gasteiger partial charge in [-0.25, -0.2) is 0 Å². The molecule has 1 aliphatic heterocycles. The number of anilines is 1. The van der Waals surface area contributed by atoms with Gasteiger partial charge in [-0.15, -0.1) is 0 Å². The summed E-state index contributed by atoms with van der Waals surface area (Å²) in [4.78, 5) is 14.5. The SMILES string of the molecule is COc1ccc2c(c1)N(C(=O)c1cccc(C(F)(F)F)c1)C(CCO)CO2. The summed E-state index contributed by atoms with van der Waals surface area (Å²) >= 11 is 0. The lowest BCUT2D eigenvalue weighted by Crippen LogP contribution is -2.47. The van der Waals surface area contributed by atoms with Crippen LogP contribution in [0.1, 0.15) is 22.3 Å². The lowest BCUT2D eigenvalue weighted by Gasteiger charge is -2.37. The third kappa shape index (κ3) is 3.85. The number of methoxy groups -OCH3 is 1. The minimum atomic E-state index is -4.55. The molecule has 1 aliphatic rings. The van der Waals surface area contributed by atoms with Gasteiger partial charge in [0.2, 0.25) is 0 Å². The molecule has 2 aromatic rings. The van der Waals surface area contributed by atoms with E-state index in [1.807, 2.05) is 0 Å². The fourth-order valence-corrected chi connectivity index (χ4v) is 3.00. The zero-order valence-electron chi connectivity index (χ0n) is 14.5. The Morgan fingerprint density at radius 2 is 2.07 bits per heavy atom. The molecule has 0 saturated carbocycles. The number of aliphatic hydroxyl groups is 1. The normalized spacial score (nSPS) is 16.5. The van der Waals surface area contributed by atoms with Crippen LogP contribution in [0.5, 0.6) is 11.5 Å². The van der Waals surface area contributed by atoms with E-state index < -0.39 is 23.7 Å². The second-order valence-electron chi connectivity index (χ2n) is 6.06. The number of benzene rings is 2. The van der Waals surface area contributed by atoms with E-state index in [0.717, 1.165) is 12.1 Å². The maximum Gasteiger partial charge on any atom is 0.416 e. The number of fused-ring (bicyclic) bond motifs is 1. The van der Waals surface area contributed by atoms with E-state index in [4.69, 9.17) is 9.47 Å². The van der Waals surface area contributed by atoms with Crippen molar-refractivity contribution in [2.45, 2.75) is 18.6 Å². The molecule has 5 nitrogen and oxygen atoms in total. The number of nitrogens with zero attached hydrogens (tertiary/aromatic N) is 1. The first-order valence-electron chi connectivity index (χ1n) is 8.27. The molecule has 1 N–H and O–H groups in total. The monoisotopic (exact) mass is 381 g/mol. The van der Waals surface area contributed by atoms with Crippen LogP contribution < -0.4 is 14.4 Å². The van der Waals surface area contributed by atoms with Crippen molar-refractivity contribution in [3.8, 4) is 11.5 Å². The molecule has 1 amide bonds. The summed E-state index contributed by atoms with van der Waals surface area (Å²) in [5.41, 5.74) is -0.601. The van der Waals surface area contributed by atoms with Crippen molar-refractivity contribution in [3.05, 3.63) is 53.6 Å². The van der Waals surface area contributed by atoms with Gasteiger partial charge in [-0.1, -0.05) is 6.07 Å². The zero-order valence-corrected chi connectivity index (χ0v) is 14.5. The summed E-state index contributed by atoms with van der Waals surface area (Å²) in [6, 6.07) is 8.65. The van der Waals surface area contributed by atoms with Crippen molar-refractivity contribution < 1.29 is 32.5 Å². The van der Waals surface area contributed by atoms with E-state index in [1.165, 1.54) is 24.1 Å². The smallest absolute Gasteiger partial charge is 0.416 e. The Balaban J connectivity index is 2.05. The van der Waals surface area contributed by atoms with E-state index >= 15 is 0 Å². The number of aliphatic hydroxyl groups excluding tert-OH is 1. The van der Waals surface area contributed by atoms with Crippen LogP contribution in [0, 0.1) is 0 Å². The molecule has 1 heterocycles. The minimum Gasteiger partial charge on any atom is -0.497 e. The maximum atomic E-state index is 13.1. The van der Waals surface area contributed by atoms with Gasteiger partial charge >= 0.3 is 6.18 Å². The highest BCUT2D eigenvalue weighted by atomic mass is 19.4. The molecular weight excluding hydrogens is 363 g/mol. The van der Waals surface area contributed by atoms with Gasteiger partial charge < -0.3 is 14.6 Å². The number of amides is 1. The molecule has 0 aromatic heterocycles. The number of halogens is 3. The first-order chi connectivity index (χ1) is 12.8. The highest BCUT2D eigenvalue weighted by molar-refractivity contribution is 6.07. The Hall–Kier alpha value is -2.74. The first kappa shape index (κ1) is 19.0. The molecule has 0 aliphatic carbocycles. The third-order valence-corrected chi connectivity index (χ3v) is 4.34. The van der Waals surface area contributed by atoms with Gasteiger partial charge in [0.25, 0.3) is 5.91 Å². The summed E-state index contributed by atoms with van der Waals surface area (Å²) in [5.74, 6) is 0.298. The van der Waals surface area contributed by atoms with E-state index in [-0.39, 0.29) is 25.2 Å². The fourth-order valence-electron chi connectivity index (χ4n) is 3.00. The van der Waals surface area contributed by atoms with E-state index in [2.05, 4.69) is 0 Å². The van der Waals surface area contributed by atoms with Crippen LogP contribution in [0.2, 0.25) is 0 Å². The van der Waals surface area contributed by atoms with Gasteiger partial charge in [-0.3, -0.25) is 9.69 Å². The molecule has 27 heavy (non-hydrogen) atoms. The lowest BCUT2D eigenvalue weighted by atomic mass is 10.0. The second kappa shape index (κ2) is 7.48. The summed E-state index contributed by atoms with van der Waals surface area (Å²) in [5, 5.41) is 9.32. The van der Waals surface area contributed by atoms with E-state index in [1.54, 1.807) is 18.2 Å². The fraction of sp³-hybridized carbons (Fsp3) is 0.316. The second-order valence-corrected chi connectivity index (χ2v) is 6.06. The third-order valence-electron chi connectivity index (χ3n) is 4.34. The molecule has 1 atom stereocenters. The number of rotatable bonds is 4. The van der Waals surface area contributed by atoms with Gasteiger partial charge in [0.1, 0.15) is 18.1 Å². The van der Waals surface area contributed by atoms with Gasteiger partial charge in [0.05, 0.1) is 24.4 Å². The molecule has 144 valence electrons. The predicted octanol–water partition coefficient (Wildman–Crippen LogP) is 3.50. The summed E-state index contributed by atoms with van der Waals surface area (Å²) < 4.78 is 49.9. The number of carbonyl (C=O) groups is 1. The Bertz CT molecular complexity index is 838. The Morgan fingerprint density at radius 1 is 1.30 bits per heavy atom. The maximum absolute atomic E-state index is 13.1. The van der Waals surface area contributed by atoms with Crippen molar-refractivity contribution in [2.75, 3.05) is 25.2 Å². The number of ether oxygens (including phenoxy) is 2. The van der Waals surface area contributed by atoms with E-state index in [9.17, 15) is 23.1 Å². The quantitative estimate of drug-likeness (QED) is 0.881. The molecule has 1 unspecified atom stereocenters. The predicted molar refractivity (Wildman–Crippen MR) is 92.2 cm³/mol. The molecule has 0 spiro atoms. The van der Waals surface area contributed by atoms with Crippen LogP contribution in [0.4, 0.5) is 18.9 Å². The highest BCUT2D eigenvalue weighted by Gasteiger charge is 2.35. The van der Waals surface area contributed by atoms with Crippen molar-refractivity contribution in [1.29, 1.82) is 0 Å². The number of hydrogen-bond acceptors (Lipinski definition) is 4. The molecular formula is C19H18F3NO4. The van der Waals surface area contributed by atoms with E-state index in [0.29, 0.717) is 17.2 Å². The Kier molecular flexibility index (Phi) is 5.27. The molecule has 0 saturated heterocycles. The molecule has 0 radical (unpaired) electrons. The minimum absolute atomic E-state index is 0.0940. The number of alkyl halides is 3. The van der Waals surface area contributed by atoms with Crippen LogP contribution in [-0.4, -0.2) is 37.4 Å². The number of hydrogen-bond donors (Lipinski definition) is 1. The topological polar surface area (TPSA) is 59.0 Å². The van der Waals surface area contributed by atoms with Crippen LogP contribution in [0.25, 0.3) is 0 Å². The molecule has 0 bridgehead atoms. The van der Waals surface area contributed by atoms with Crippen LogP contribution >= 0.6 is 0 Å². The Morgan fingerprint density at radius 3 is 2.74 bits per heavy atom.